The van der Waals surface area contributed by atoms with Gasteiger partial charge in [0.05, 0.1) is 6.54 Å². The fourth-order valence-corrected chi connectivity index (χ4v) is 3.54. The molecular weight excluding hydrogens is 442 g/mol. The summed E-state index contributed by atoms with van der Waals surface area (Å²) < 4.78 is 12.9. The summed E-state index contributed by atoms with van der Waals surface area (Å²) in [7, 11) is 0. The quantitative estimate of drug-likeness (QED) is 0.331. The highest BCUT2D eigenvalue weighted by Crippen LogP contribution is 2.22. The van der Waals surface area contributed by atoms with Crippen LogP contribution in [0.3, 0.4) is 0 Å². The van der Waals surface area contributed by atoms with Gasteiger partial charge in [0.15, 0.2) is 18.1 Å². The first-order valence-electron chi connectivity index (χ1n) is 11.2. The highest BCUT2D eigenvalue weighted by atomic mass is 16.5. The number of amides is 1. The van der Waals surface area contributed by atoms with E-state index in [0.29, 0.717) is 29.6 Å². The zero-order valence-corrected chi connectivity index (χ0v) is 18.9. The number of ether oxygens (including phenoxy) is 2. The highest BCUT2D eigenvalue weighted by Gasteiger charge is 2.10. The summed E-state index contributed by atoms with van der Waals surface area (Å²) in [5.41, 5.74) is 3.75. The molecule has 35 heavy (non-hydrogen) atoms. The molecule has 8 nitrogen and oxygen atoms in total. The molecule has 8 heteroatoms. The van der Waals surface area contributed by atoms with Crippen LogP contribution in [0.1, 0.15) is 0 Å². The van der Waals surface area contributed by atoms with Crippen molar-refractivity contribution in [2.75, 3.05) is 19.8 Å². The molecule has 0 atom stereocenters. The Morgan fingerprint density at radius 3 is 2.17 bits per heavy atom. The molecule has 0 aliphatic carbocycles. The molecule has 1 amide bonds. The van der Waals surface area contributed by atoms with Crippen LogP contribution in [0.4, 0.5) is 0 Å². The molecule has 0 fully saturated rings. The Morgan fingerprint density at radius 1 is 0.743 bits per heavy atom. The van der Waals surface area contributed by atoms with Gasteiger partial charge in [0.25, 0.3) is 5.91 Å². The predicted octanol–water partition coefficient (Wildman–Crippen LogP) is 4.03. The van der Waals surface area contributed by atoms with Gasteiger partial charge in [0, 0.05) is 11.6 Å². The van der Waals surface area contributed by atoms with Crippen LogP contribution in [0, 0.1) is 0 Å². The van der Waals surface area contributed by atoms with Gasteiger partial charge in [-0.15, -0.1) is 15.3 Å². The number of benzene rings is 3. The molecule has 0 saturated heterocycles. The second-order valence-electron chi connectivity index (χ2n) is 7.71. The Morgan fingerprint density at radius 2 is 1.43 bits per heavy atom. The first-order chi connectivity index (χ1) is 17.3. The lowest BCUT2D eigenvalue weighted by atomic mass is 10.1. The van der Waals surface area contributed by atoms with Crippen molar-refractivity contribution in [1.29, 1.82) is 0 Å². The van der Waals surface area contributed by atoms with Gasteiger partial charge in [-0.25, -0.2) is 0 Å². The maximum Gasteiger partial charge on any atom is 0.258 e. The van der Waals surface area contributed by atoms with E-state index in [4.69, 9.17) is 9.47 Å². The Kier molecular flexibility index (Phi) is 6.61. The van der Waals surface area contributed by atoms with Crippen molar-refractivity contribution in [3.05, 3.63) is 97.1 Å². The summed E-state index contributed by atoms with van der Waals surface area (Å²) in [6.45, 7) is 0.511. The zero-order chi connectivity index (χ0) is 23.9. The summed E-state index contributed by atoms with van der Waals surface area (Å²) >= 11 is 0. The van der Waals surface area contributed by atoms with Gasteiger partial charge in [0.2, 0.25) is 5.88 Å². The minimum Gasteiger partial charge on any atom is -0.484 e. The molecule has 0 radical (unpaired) electrons. The number of hydrogen-bond acceptors (Lipinski definition) is 6. The molecule has 0 aliphatic heterocycles. The van der Waals surface area contributed by atoms with Crippen molar-refractivity contribution in [3.8, 4) is 34.1 Å². The molecule has 3 aromatic carbocycles. The fraction of sp³-hybridized carbons (Fsp3) is 0.111. The number of carbonyl (C=O) groups is 1. The van der Waals surface area contributed by atoms with Gasteiger partial charge in [0.1, 0.15) is 12.4 Å². The van der Waals surface area contributed by atoms with Crippen molar-refractivity contribution in [2.24, 2.45) is 0 Å². The molecule has 2 aromatic heterocycles. The molecule has 0 bridgehead atoms. The highest BCUT2D eigenvalue weighted by molar-refractivity contribution is 5.77. The van der Waals surface area contributed by atoms with E-state index in [-0.39, 0.29) is 19.1 Å². The maximum atomic E-state index is 12.1. The number of aromatic nitrogens is 4. The molecule has 0 unspecified atom stereocenters. The Hall–Kier alpha value is -4.72. The Balaban J connectivity index is 1.08. The smallest absolute Gasteiger partial charge is 0.258 e. The topological polar surface area (TPSA) is 90.6 Å². The van der Waals surface area contributed by atoms with Gasteiger partial charge < -0.3 is 14.8 Å². The van der Waals surface area contributed by atoms with E-state index >= 15 is 0 Å². The normalized spacial score (nSPS) is 10.7. The van der Waals surface area contributed by atoms with Crippen molar-refractivity contribution in [1.82, 2.24) is 25.1 Å². The standard InChI is InChI=1S/C27H23N5O3/c33-25(19-35-23-13-11-21(12-14-23)20-7-3-1-4-8-20)28-17-18-34-26-16-15-24-29-30-27(32(24)31-26)22-9-5-2-6-10-22/h1-16H,17-19H2,(H,28,33). The lowest BCUT2D eigenvalue weighted by molar-refractivity contribution is -0.123. The summed E-state index contributed by atoms with van der Waals surface area (Å²) in [4.78, 5) is 12.1. The lowest BCUT2D eigenvalue weighted by Gasteiger charge is -2.09. The van der Waals surface area contributed by atoms with Crippen LogP contribution < -0.4 is 14.8 Å². The van der Waals surface area contributed by atoms with Gasteiger partial charge in [-0.05, 0) is 29.3 Å². The van der Waals surface area contributed by atoms with Crippen LogP contribution in [0.25, 0.3) is 28.2 Å². The van der Waals surface area contributed by atoms with Crippen LogP contribution in [0.5, 0.6) is 11.6 Å². The van der Waals surface area contributed by atoms with Gasteiger partial charge >= 0.3 is 0 Å². The molecule has 0 saturated carbocycles. The summed E-state index contributed by atoms with van der Waals surface area (Å²) in [6.07, 6.45) is 0. The second kappa shape index (κ2) is 10.5. The minimum absolute atomic E-state index is 0.0734. The molecule has 174 valence electrons. The molecular formula is C27H23N5O3. The average molecular weight is 466 g/mol. The van der Waals surface area contributed by atoms with Crippen LogP contribution in [-0.4, -0.2) is 45.5 Å². The van der Waals surface area contributed by atoms with E-state index < -0.39 is 0 Å². The lowest BCUT2D eigenvalue weighted by Crippen LogP contribution is -2.32. The van der Waals surface area contributed by atoms with Crippen molar-refractivity contribution in [2.45, 2.75) is 0 Å². The van der Waals surface area contributed by atoms with E-state index in [2.05, 4.69) is 20.6 Å². The summed E-state index contributed by atoms with van der Waals surface area (Å²) in [6, 6.07) is 30.9. The summed E-state index contributed by atoms with van der Waals surface area (Å²) in [5.74, 6) is 1.46. The number of carbonyl (C=O) groups excluding carboxylic acids is 1. The summed E-state index contributed by atoms with van der Waals surface area (Å²) in [5, 5.41) is 15.6. The van der Waals surface area contributed by atoms with E-state index in [1.807, 2.05) is 84.9 Å². The van der Waals surface area contributed by atoms with Gasteiger partial charge in [-0.1, -0.05) is 72.8 Å². The third-order valence-corrected chi connectivity index (χ3v) is 5.28. The average Bonchev–Trinajstić information content (AvgIpc) is 3.35. The second-order valence-corrected chi connectivity index (χ2v) is 7.71. The molecule has 1 N–H and O–H groups in total. The van der Waals surface area contributed by atoms with E-state index in [1.54, 1.807) is 16.6 Å². The predicted molar refractivity (Wildman–Crippen MR) is 132 cm³/mol. The van der Waals surface area contributed by atoms with Crippen molar-refractivity contribution in [3.63, 3.8) is 0 Å². The van der Waals surface area contributed by atoms with E-state index in [9.17, 15) is 4.79 Å². The SMILES string of the molecule is O=C(COc1ccc(-c2ccccc2)cc1)NCCOc1ccc2nnc(-c3ccccc3)n2n1. The van der Waals surface area contributed by atoms with Crippen LogP contribution >= 0.6 is 0 Å². The van der Waals surface area contributed by atoms with Crippen LogP contribution in [-0.2, 0) is 4.79 Å². The van der Waals surface area contributed by atoms with E-state index in [0.717, 1.165) is 16.7 Å². The number of nitrogens with one attached hydrogen (secondary N) is 1. The fourth-order valence-electron chi connectivity index (χ4n) is 3.54. The molecule has 5 rings (SSSR count). The third kappa shape index (κ3) is 5.44. The maximum absolute atomic E-state index is 12.1. The Labute approximate surface area is 202 Å². The first-order valence-corrected chi connectivity index (χ1v) is 11.2. The van der Waals surface area contributed by atoms with E-state index in [1.165, 1.54) is 0 Å². The minimum atomic E-state index is -0.227. The van der Waals surface area contributed by atoms with Crippen molar-refractivity contribution >= 4 is 11.6 Å². The van der Waals surface area contributed by atoms with Crippen LogP contribution in [0.2, 0.25) is 0 Å². The Bertz CT molecular complexity index is 1400. The third-order valence-electron chi connectivity index (χ3n) is 5.28. The number of rotatable bonds is 9. The van der Waals surface area contributed by atoms with Crippen LogP contribution in [0.15, 0.2) is 97.1 Å². The van der Waals surface area contributed by atoms with Gasteiger partial charge in [-0.2, -0.15) is 4.52 Å². The largest absolute Gasteiger partial charge is 0.484 e. The van der Waals surface area contributed by atoms with Crippen molar-refractivity contribution < 1.29 is 14.3 Å². The molecule has 0 spiro atoms. The number of hydrogen-bond donors (Lipinski definition) is 1. The number of fused-ring (bicyclic) bond motifs is 1. The monoisotopic (exact) mass is 465 g/mol. The first kappa shape index (κ1) is 22.1. The molecule has 0 aliphatic rings. The molecule has 5 aromatic rings. The van der Waals surface area contributed by atoms with Gasteiger partial charge in [-0.3, -0.25) is 4.79 Å². The zero-order valence-electron chi connectivity index (χ0n) is 18.9. The number of nitrogens with zero attached hydrogens (tertiary/aromatic N) is 4. The molecule has 2 heterocycles.